The third kappa shape index (κ3) is 6.08. The lowest BCUT2D eigenvalue weighted by molar-refractivity contribution is 0.0466. The molecule has 2 unspecified atom stereocenters. The number of ether oxygens (including phenoxy) is 1. The lowest BCUT2D eigenvalue weighted by atomic mass is 9.86. The molecule has 1 saturated heterocycles. The molecule has 1 fully saturated rings. The summed E-state index contributed by atoms with van der Waals surface area (Å²) in [5, 5.41) is 0. The van der Waals surface area contributed by atoms with E-state index < -0.39 is 0 Å². The van der Waals surface area contributed by atoms with Gasteiger partial charge >= 0.3 is 5.97 Å². The molecule has 146 valence electrons. The Bertz CT molecular complexity index is 677. The molecule has 2 aromatic carbocycles. The van der Waals surface area contributed by atoms with E-state index in [1.807, 2.05) is 18.2 Å². The molecule has 0 N–H and O–H groups in total. The van der Waals surface area contributed by atoms with Crippen LogP contribution in [0.15, 0.2) is 60.7 Å². The molecular weight excluding hydrogens is 358 g/mol. The zero-order valence-corrected chi connectivity index (χ0v) is 16.9. The Hall–Kier alpha value is -1.84. The van der Waals surface area contributed by atoms with Gasteiger partial charge in [-0.25, -0.2) is 4.79 Å². The first-order valence-corrected chi connectivity index (χ1v) is 9.77. The largest absolute Gasteiger partial charge is 0.462 e. The fraction of sp³-hybridized carbons (Fsp3) is 0.435. The molecule has 1 heterocycles. The van der Waals surface area contributed by atoms with Gasteiger partial charge in [-0.05, 0) is 49.4 Å². The van der Waals surface area contributed by atoms with E-state index in [1.54, 1.807) is 12.1 Å². The van der Waals surface area contributed by atoms with Gasteiger partial charge in [-0.15, -0.1) is 12.4 Å². The van der Waals surface area contributed by atoms with Crippen molar-refractivity contribution in [3.63, 3.8) is 0 Å². The van der Waals surface area contributed by atoms with Crippen molar-refractivity contribution in [2.75, 3.05) is 19.7 Å². The number of carbonyl (C=O) groups excluding carboxylic acids is 1. The Kier molecular flexibility index (Phi) is 8.83. The van der Waals surface area contributed by atoms with Gasteiger partial charge in [0.1, 0.15) is 0 Å². The highest BCUT2D eigenvalue weighted by molar-refractivity contribution is 5.89. The first kappa shape index (κ1) is 21.5. The highest BCUT2D eigenvalue weighted by atomic mass is 35.5. The van der Waals surface area contributed by atoms with Crippen molar-refractivity contribution in [1.29, 1.82) is 0 Å². The zero-order valence-electron chi connectivity index (χ0n) is 16.0. The van der Waals surface area contributed by atoms with Crippen LogP contribution in [0.1, 0.15) is 54.4 Å². The Labute approximate surface area is 169 Å². The summed E-state index contributed by atoms with van der Waals surface area (Å²) in [5.41, 5.74) is 2.04. The van der Waals surface area contributed by atoms with Crippen LogP contribution in [-0.4, -0.2) is 36.6 Å². The SMILES string of the molecule is CC(c1ccccc1)C1CCCCN1CCCOC(=O)c1ccccc1.Cl. The van der Waals surface area contributed by atoms with E-state index >= 15 is 0 Å². The Morgan fingerprint density at radius 2 is 1.74 bits per heavy atom. The second-order valence-corrected chi connectivity index (χ2v) is 7.15. The summed E-state index contributed by atoms with van der Waals surface area (Å²) in [6.07, 6.45) is 4.71. The van der Waals surface area contributed by atoms with E-state index in [0.29, 0.717) is 24.1 Å². The number of halogens is 1. The third-order valence-electron chi connectivity index (χ3n) is 5.40. The van der Waals surface area contributed by atoms with Crippen LogP contribution in [0.3, 0.4) is 0 Å². The zero-order chi connectivity index (χ0) is 18.2. The summed E-state index contributed by atoms with van der Waals surface area (Å²) in [5.74, 6) is 0.307. The van der Waals surface area contributed by atoms with Crippen LogP contribution < -0.4 is 0 Å². The summed E-state index contributed by atoms with van der Waals surface area (Å²) >= 11 is 0. The fourth-order valence-corrected chi connectivity index (χ4v) is 3.93. The van der Waals surface area contributed by atoms with Gasteiger partial charge in [-0.1, -0.05) is 61.9 Å². The number of piperidine rings is 1. The number of likely N-dealkylation sites (tertiary alicyclic amines) is 1. The Morgan fingerprint density at radius 3 is 2.44 bits per heavy atom. The summed E-state index contributed by atoms with van der Waals surface area (Å²) in [4.78, 5) is 14.6. The van der Waals surface area contributed by atoms with Crippen molar-refractivity contribution in [3.8, 4) is 0 Å². The van der Waals surface area contributed by atoms with Crippen LogP contribution in [-0.2, 0) is 4.74 Å². The average molecular weight is 388 g/mol. The fourth-order valence-electron chi connectivity index (χ4n) is 3.93. The molecular formula is C23H30ClNO2. The van der Waals surface area contributed by atoms with Gasteiger partial charge < -0.3 is 4.74 Å². The van der Waals surface area contributed by atoms with Crippen LogP contribution >= 0.6 is 12.4 Å². The number of hydrogen-bond donors (Lipinski definition) is 0. The number of nitrogens with zero attached hydrogens (tertiary/aromatic N) is 1. The van der Waals surface area contributed by atoms with Crippen molar-refractivity contribution in [2.24, 2.45) is 0 Å². The predicted octanol–water partition coefficient (Wildman–Crippen LogP) is 5.31. The molecule has 0 aliphatic carbocycles. The van der Waals surface area contributed by atoms with E-state index in [4.69, 9.17) is 4.74 Å². The van der Waals surface area contributed by atoms with Gasteiger partial charge in [0, 0.05) is 12.6 Å². The second kappa shape index (κ2) is 11.1. The summed E-state index contributed by atoms with van der Waals surface area (Å²) < 4.78 is 5.43. The van der Waals surface area contributed by atoms with Gasteiger partial charge in [0.2, 0.25) is 0 Å². The molecule has 3 nitrogen and oxygen atoms in total. The quantitative estimate of drug-likeness (QED) is 0.476. The lowest BCUT2D eigenvalue weighted by Gasteiger charge is -2.39. The van der Waals surface area contributed by atoms with E-state index in [9.17, 15) is 4.79 Å². The molecule has 0 radical (unpaired) electrons. The summed E-state index contributed by atoms with van der Waals surface area (Å²) in [6, 6.07) is 20.6. The standard InChI is InChI=1S/C23H29NO2.ClH/c1-19(20-11-4-2-5-12-20)22-15-8-9-16-24(22)17-10-18-26-23(25)21-13-6-3-7-14-21;/h2-7,11-14,19,22H,8-10,15-18H2,1H3;1H. The van der Waals surface area contributed by atoms with Gasteiger partial charge in [0.15, 0.2) is 0 Å². The van der Waals surface area contributed by atoms with E-state index in [2.05, 4.69) is 42.2 Å². The second-order valence-electron chi connectivity index (χ2n) is 7.15. The molecule has 0 amide bonds. The van der Waals surface area contributed by atoms with Crippen LogP contribution in [0.25, 0.3) is 0 Å². The first-order valence-electron chi connectivity index (χ1n) is 9.77. The monoisotopic (exact) mass is 387 g/mol. The number of rotatable bonds is 7. The van der Waals surface area contributed by atoms with Gasteiger partial charge in [0.05, 0.1) is 12.2 Å². The van der Waals surface area contributed by atoms with Crippen LogP contribution in [0.2, 0.25) is 0 Å². The van der Waals surface area contributed by atoms with Crippen molar-refractivity contribution in [1.82, 2.24) is 4.90 Å². The van der Waals surface area contributed by atoms with Gasteiger partial charge in [0.25, 0.3) is 0 Å². The van der Waals surface area contributed by atoms with E-state index in [1.165, 1.54) is 24.8 Å². The van der Waals surface area contributed by atoms with Crippen LogP contribution in [0.5, 0.6) is 0 Å². The van der Waals surface area contributed by atoms with E-state index in [0.717, 1.165) is 19.5 Å². The lowest BCUT2D eigenvalue weighted by Crippen LogP contribution is -2.43. The Balaban J connectivity index is 0.00000261. The van der Waals surface area contributed by atoms with Crippen LogP contribution in [0.4, 0.5) is 0 Å². The van der Waals surface area contributed by atoms with Gasteiger partial charge in [-0.2, -0.15) is 0 Å². The highest BCUT2D eigenvalue weighted by Gasteiger charge is 2.27. The van der Waals surface area contributed by atoms with Crippen molar-refractivity contribution in [3.05, 3.63) is 71.8 Å². The molecule has 0 spiro atoms. The minimum absolute atomic E-state index is 0. The smallest absolute Gasteiger partial charge is 0.338 e. The molecule has 0 aromatic heterocycles. The number of carbonyl (C=O) groups is 1. The molecule has 0 saturated carbocycles. The molecule has 4 heteroatoms. The molecule has 0 bridgehead atoms. The molecule has 3 rings (SSSR count). The molecule has 2 aromatic rings. The maximum Gasteiger partial charge on any atom is 0.338 e. The average Bonchev–Trinajstić information content (AvgIpc) is 2.72. The topological polar surface area (TPSA) is 29.5 Å². The minimum Gasteiger partial charge on any atom is -0.462 e. The predicted molar refractivity (Wildman–Crippen MR) is 113 cm³/mol. The molecule has 27 heavy (non-hydrogen) atoms. The third-order valence-corrected chi connectivity index (χ3v) is 5.40. The van der Waals surface area contributed by atoms with Gasteiger partial charge in [-0.3, -0.25) is 4.90 Å². The van der Waals surface area contributed by atoms with E-state index in [-0.39, 0.29) is 18.4 Å². The number of hydrogen-bond acceptors (Lipinski definition) is 3. The van der Waals surface area contributed by atoms with Crippen molar-refractivity contribution in [2.45, 2.75) is 44.6 Å². The Morgan fingerprint density at radius 1 is 1.07 bits per heavy atom. The minimum atomic E-state index is -0.224. The normalized spacial score (nSPS) is 18.3. The molecule has 1 aliphatic rings. The van der Waals surface area contributed by atoms with Crippen molar-refractivity contribution < 1.29 is 9.53 Å². The first-order chi connectivity index (χ1) is 12.8. The number of esters is 1. The van der Waals surface area contributed by atoms with Crippen molar-refractivity contribution >= 4 is 18.4 Å². The summed E-state index contributed by atoms with van der Waals surface area (Å²) in [6.45, 7) is 4.96. The molecule has 1 aliphatic heterocycles. The molecule has 2 atom stereocenters. The highest BCUT2D eigenvalue weighted by Crippen LogP contribution is 2.30. The van der Waals surface area contributed by atoms with Crippen LogP contribution in [0, 0.1) is 0 Å². The maximum atomic E-state index is 12.0. The summed E-state index contributed by atoms with van der Waals surface area (Å²) in [7, 11) is 0. The maximum absolute atomic E-state index is 12.0. The number of benzene rings is 2.